The SMILES string of the molecule is COc1cc(CNC(=S)N[C@H]2CCCC[C@@H]2C)ccc1OC(F)F. The lowest BCUT2D eigenvalue weighted by molar-refractivity contribution is -0.0512. The molecule has 2 N–H and O–H groups in total. The van der Waals surface area contributed by atoms with Crippen LogP contribution in [0.25, 0.3) is 0 Å². The van der Waals surface area contributed by atoms with E-state index in [9.17, 15) is 8.78 Å². The van der Waals surface area contributed by atoms with Gasteiger partial charge in [-0.25, -0.2) is 0 Å². The highest BCUT2D eigenvalue weighted by molar-refractivity contribution is 7.80. The molecule has 0 aliphatic heterocycles. The monoisotopic (exact) mass is 358 g/mol. The van der Waals surface area contributed by atoms with Crippen molar-refractivity contribution in [2.75, 3.05) is 7.11 Å². The van der Waals surface area contributed by atoms with Crippen LogP contribution in [0.4, 0.5) is 8.78 Å². The second-order valence-electron chi connectivity index (χ2n) is 6.06. The minimum Gasteiger partial charge on any atom is -0.493 e. The van der Waals surface area contributed by atoms with Crippen molar-refractivity contribution in [2.24, 2.45) is 5.92 Å². The van der Waals surface area contributed by atoms with Crippen molar-refractivity contribution in [3.05, 3.63) is 23.8 Å². The van der Waals surface area contributed by atoms with Crippen LogP contribution in [-0.2, 0) is 6.54 Å². The molecule has 7 heteroatoms. The second-order valence-corrected chi connectivity index (χ2v) is 6.47. The van der Waals surface area contributed by atoms with E-state index in [0.29, 0.717) is 23.6 Å². The molecule has 0 spiro atoms. The molecule has 24 heavy (non-hydrogen) atoms. The van der Waals surface area contributed by atoms with Crippen LogP contribution in [-0.4, -0.2) is 24.9 Å². The molecule has 0 bridgehead atoms. The average Bonchev–Trinajstić information content (AvgIpc) is 2.55. The van der Waals surface area contributed by atoms with Crippen molar-refractivity contribution in [3.8, 4) is 11.5 Å². The van der Waals surface area contributed by atoms with Crippen LogP contribution < -0.4 is 20.1 Å². The molecule has 0 radical (unpaired) electrons. The maximum Gasteiger partial charge on any atom is 0.387 e. The standard InChI is InChI=1S/C17H24F2N2O2S/c1-11-5-3-4-6-13(11)21-17(24)20-10-12-7-8-14(23-16(18)19)15(9-12)22-2/h7-9,11,13,16H,3-6,10H2,1-2H3,(H2,20,21,24)/t11-,13-/m0/s1. The zero-order valence-corrected chi connectivity index (χ0v) is 14.8. The van der Waals surface area contributed by atoms with Gasteiger partial charge in [-0.2, -0.15) is 8.78 Å². The fourth-order valence-corrected chi connectivity index (χ4v) is 3.17. The molecule has 1 fully saturated rings. The summed E-state index contributed by atoms with van der Waals surface area (Å²) in [4.78, 5) is 0. The number of rotatable bonds is 6. The number of hydrogen-bond donors (Lipinski definition) is 2. The minimum atomic E-state index is -2.88. The maximum atomic E-state index is 12.3. The molecule has 2 atom stereocenters. The molecule has 0 unspecified atom stereocenters. The minimum absolute atomic E-state index is 0.0213. The molecule has 134 valence electrons. The Bertz CT molecular complexity index is 557. The summed E-state index contributed by atoms with van der Waals surface area (Å²) in [6.07, 6.45) is 4.87. The van der Waals surface area contributed by atoms with Crippen LogP contribution in [0.3, 0.4) is 0 Å². The number of halogens is 2. The maximum absolute atomic E-state index is 12.3. The van der Waals surface area contributed by atoms with Gasteiger partial charge in [-0.05, 0) is 48.7 Å². The molecule has 4 nitrogen and oxygen atoms in total. The Hall–Kier alpha value is -1.63. The van der Waals surface area contributed by atoms with E-state index in [0.717, 1.165) is 12.0 Å². The summed E-state index contributed by atoms with van der Waals surface area (Å²) in [7, 11) is 1.42. The third-order valence-corrected chi connectivity index (χ3v) is 4.59. The summed E-state index contributed by atoms with van der Waals surface area (Å²) >= 11 is 5.35. The van der Waals surface area contributed by atoms with Gasteiger partial charge < -0.3 is 20.1 Å². The van der Waals surface area contributed by atoms with Crippen molar-refractivity contribution < 1.29 is 18.3 Å². The quantitative estimate of drug-likeness (QED) is 0.757. The highest BCUT2D eigenvalue weighted by Gasteiger charge is 2.21. The van der Waals surface area contributed by atoms with Crippen LogP contribution in [0, 0.1) is 5.92 Å². The normalized spacial score (nSPS) is 20.5. The first-order valence-electron chi connectivity index (χ1n) is 8.15. The zero-order chi connectivity index (χ0) is 17.5. The lowest BCUT2D eigenvalue weighted by Crippen LogP contribution is -2.45. The van der Waals surface area contributed by atoms with Gasteiger partial charge >= 0.3 is 6.61 Å². The number of ether oxygens (including phenoxy) is 2. The first-order chi connectivity index (χ1) is 11.5. The molecule has 2 rings (SSSR count). The summed E-state index contributed by atoms with van der Waals surface area (Å²) in [6.45, 7) is -0.151. The lowest BCUT2D eigenvalue weighted by Gasteiger charge is -2.30. The van der Waals surface area contributed by atoms with Crippen LogP contribution in [0.5, 0.6) is 11.5 Å². The Labute approximate surface area is 146 Å². The first kappa shape index (κ1) is 18.7. The molecular weight excluding hydrogens is 334 g/mol. The second kappa shape index (κ2) is 9.01. The molecule has 1 saturated carbocycles. The summed E-state index contributed by atoms with van der Waals surface area (Å²) in [5, 5.41) is 7.14. The van der Waals surface area contributed by atoms with Gasteiger partial charge in [0.1, 0.15) is 0 Å². The van der Waals surface area contributed by atoms with Crippen LogP contribution in [0.2, 0.25) is 0 Å². The summed E-state index contributed by atoms with van der Waals surface area (Å²) < 4.78 is 34.2. The predicted octanol–water partition coefficient (Wildman–Crippen LogP) is 3.84. The highest BCUT2D eigenvalue weighted by Crippen LogP contribution is 2.29. The third kappa shape index (κ3) is 5.47. The molecule has 0 heterocycles. The molecule has 0 saturated heterocycles. The fraction of sp³-hybridized carbons (Fsp3) is 0.588. The Kier molecular flexibility index (Phi) is 7.02. The lowest BCUT2D eigenvalue weighted by atomic mass is 9.86. The zero-order valence-electron chi connectivity index (χ0n) is 14.0. The molecule has 1 aliphatic rings. The van der Waals surface area contributed by atoms with Gasteiger partial charge in [-0.3, -0.25) is 0 Å². The molecule has 1 aliphatic carbocycles. The topological polar surface area (TPSA) is 42.5 Å². The first-order valence-corrected chi connectivity index (χ1v) is 8.56. The van der Waals surface area contributed by atoms with Crippen LogP contribution >= 0.6 is 12.2 Å². The summed E-state index contributed by atoms with van der Waals surface area (Å²) in [5.74, 6) is 0.909. The molecule has 0 aromatic heterocycles. The van der Waals surface area contributed by atoms with E-state index in [1.165, 1.54) is 32.4 Å². The van der Waals surface area contributed by atoms with Crippen LogP contribution in [0.15, 0.2) is 18.2 Å². The van der Waals surface area contributed by atoms with Gasteiger partial charge in [-0.1, -0.05) is 25.8 Å². The third-order valence-electron chi connectivity index (χ3n) is 4.33. The van der Waals surface area contributed by atoms with Gasteiger partial charge in [0.15, 0.2) is 16.6 Å². The number of nitrogens with one attached hydrogen (secondary N) is 2. The number of thiocarbonyl (C=S) groups is 1. The Morgan fingerprint density at radius 3 is 2.71 bits per heavy atom. The van der Waals surface area contributed by atoms with Crippen molar-refractivity contribution in [1.82, 2.24) is 10.6 Å². The summed E-state index contributed by atoms with van der Waals surface area (Å²) in [5.41, 5.74) is 0.870. The van der Waals surface area contributed by atoms with E-state index in [4.69, 9.17) is 17.0 Å². The van der Waals surface area contributed by atoms with Crippen molar-refractivity contribution in [1.29, 1.82) is 0 Å². The fourth-order valence-electron chi connectivity index (χ4n) is 2.95. The van der Waals surface area contributed by atoms with E-state index in [1.54, 1.807) is 12.1 Å². The van der Waals surface area contributed by atoms with E-state index < -0.39 is 6.61 Å². The number of methoxy groups -OCH3 is 1. The van der Waals surface area contributed by atoms with E-state index in [2.05, 4.69) is 22.3 Å². The Morgan fingerprint density at radius 2 is 2.04 bits per heavy atom. The van der Waals surface area contributed by atoms with Gasteiger partial charge in [0.25, 0.3) is 0 Å². The highest BCUT2D eigenvalue weighted by atomic mass is 32.1. The Morgan fingerprint density at radius 1 is 1.29 bits per heavy atom. The van der Waals surface area contributed by atoms with Gasteiger partial charge in [0.05, 0.1) is 7.11 Å². The largest absolute Gasteiger partial charge is 0.493 e. The molecule has 1 aromatic rings. The average molecular weight is 358 g/mol. The van der Waals surface area contributed by atoms with Gasteiger partial charge in [0, 0.05) is 12.6 Å². The number of benzene rings is 1. The van der Waals surface area contributed by atoms with Crippen molar-refractivity contribution in [2.45, 2.75) is 51.8 Å². The van der Waals surface area contributed by atoms with Gasteiger partial charge in [0.2, 0.25) is 0 Å². The Balaban J connectivity index is 1.87. The molecule has 0 amide bonds. The summed E-state index contributed by atoms with van der Waals surface area (Å²) in [6, 6.07) is 5.26. The van der Waals surface area contributed by atoms with Crippen molar-refractivity contribution >= 4 is 17.3 Å². The van der Waals surface area contributed by atoms with E-state index in [1.807, 2.05) is 0 Å². The number of hydrogen-bond acceptors (Lipinski definition) is 3. The number of alkyl halides is 2. The van der Waals surface area contributed by atoms with E-state index in [-0.39, 0.29) is 11.5 Å². The van der Waals surface area contributed by atoms with Crippen LogP contribution in [0.1, 0.15) is 38.2 Å². The molecular formula is C17H24F2N2O2S. The van der Waals surface area contributed by atoms with Gasteiger partial charge in [-0.15, -0.1) is 0 Å². The smallest absolute Gasteiger partial charge is 0.387 e. The van der Waals surface area contributed by atoms with E-state index >= 15 is 0 Å². The molecule has 1 aromatic carbocycles. The van der Waals surface area contributed by atoms with Crippen molar-refractivity contribution in [3.63, 3.8) is 0 Å². The predicted molar refractivity (Wildman–Crippen MR) is 93.6 cm³/mol.